The molecule has 2 aromatic carbocycles. The SMILES string of the molecule is O=C(NC[C@H]1C[C@H](Cc2ccc(F)cc2)CCN1)Nc1ccccc1. The lowest BCUT2D eigenvalue weighted by Gasteiger charge is -2.30. The molecule has 0 bridgehead atoms. The molecule has 1 saturated heterocycles. The second-order valence-electron chi connectivity index (χ2n) is 6.57. The Bertz CT molecular complexity index is 675. The molecule has 132 valence electrons. The topological polar surface area (TPSA) is 53.2 Å². The normalized spacial score (nSPS) is 20.0. The molecule has 5 heteroatoms. The Balaban J connectivity index is 1.43. The van der Waals surface area contributed by atoms with Crippen LogP contribution in [0.15, 0.2) is 54.6 Å². The number of nitrogens with one attached hydrogen (secondary N) is 3. The molecule has 0 aromatic heterocycles. The summed E-state index contributed by atoms with van der Waals surface area (Å²) in [6.07, 6.45) is 3.06. The minimum Gasteiger partial charge on any atom is -0.336 e. The third kappa shape index (κ3) is 5.57. The highest BCUT2D eigenvalue weighted by Gasteiger charge is 2.22. The zero-order valence-electron chi connectivity index (χ0n) is 14.2. The molecule has 1 aliphatic heterocycles. The molecule has 1 fully saturated rings. The third-order valence-corrected chi connectivity index (χ3v) is 4.58. The van der Waals surface area contributed by atoms with Gasteiger partial charge in [0.2, 0.25) is 0 Å². The Hall–Kier alpha value is -2.40. The number of carbonyl (C=O) groups is 1. The molecule has 4 nitrogen and oxygen atoms in total. The molecule has 0 saturated carbocycles. The van der Waals surface area contributed by atoms with Crippen molar-refractivity contribution in [1.82, 2.24) is 10.6 Å². The van der Waals surface area contributed by atoms with Gasteiger partial charge in [0.15, 0.2) is 0 Å². The summed E-state index contributed by atoms with van der Waals surface area (Å²) in [5.74, 6) is 0.358. The van der Waals surface area contributed by atoms with Crippen molar-refractivity contribution in [1.29, 1.82) is 0 Å². The van der Waals surface area contributed by atoms with Crippen molar-refractivity contribution in [2.75, 3.05) is 18.4 Å². The Morgan fingerprint density at radius 3 is 2.64 bits per heavy atom. The van der Waals surface area contributed by atoms with Crippen LogP contribution in [0.1, 0.15) is 18.4 Å². The van der Waals surface area contributed by atoms with Crippen molar-refractivity contribution in [3.05, 3.63) is 66.0 Å². The van der Waals surface area contributed by atoms with Gasteiger partial charge in [0.05, 0.1) is 0 Å². The van der Waals surface area contributed by atoms with E-state index in [1.165, 1.54) is 17.7 Å². The number of amides is 2. The van der Waals surface area contributed by atoms with E-state index in [0.29, 0.717) is 12.5 Å². The summed E-state index contributed by atoms with van der Waals surface area (Å²) >= 11 is 0. The van der Waals surface area contributed by atoms with Gasteiger partial charge in [0.1, 0.15) is 5.82 Å². The van der Waals surface area contributed by atoms with Crippen LogP contribution in [0.2, 0.25) is 0 Å². The summed E-state index contributed by atoms with van der Waals surface area (Å²) in [5.41, 5.74) is 1.95. The van der Waals surface area contributed by atoms with E-state index in [1.807, 2.05) is 42.5 Å². The monoisotopic (exact) mass is 341 g/mol. The number of para-hydroxylation sites is 1. The summed E-state index contributed by atoms with van der Waals surface area (Å²) in [4.78, 5) is 12.0. The number of halogens is 1. The second-order valence-corrected chi connectivity index (χ2v) is 6.57. The molecular weight excluding hydrogens is 317 g/mol. The van der Waals surface area contributed by atoms with Crippen molar-refractivity contribution < 1.29 is 9.18 Å². The molecule has 3 rings (SSSR count). The number of piperidine rings is 1. The highest BCUT2D eigenvalue weighted by molar-refractivity contribution is 5.89. The minimum atomic E-state index is -0.194. The van der Waals surface area contributed by atoms with E-state index in [2.05, 4.69) is 16.0 Å². The quantitative estimate of drug-likeness (QED) is 0.779. The first kappa shape index (κ1) is 17.4. The fourth-order valence-electron chi connectivity index (χ4n) is 3.30. The van der Waals surface area contributed by atoms with Gasteiger partial charge in [0, 0.05) is 18.3 Å². The lowest BCUT2D eigenvalue weighted by molar-refractivity contribution is 0.246. The maximum Gasteiger partial charge on any atom is 0.319 e. The van der Waals surface area contributed by atoms with E-state index in [-0.39, 0.29) is 17.9 Å². The van der Waals surface area contributed by atoms with Gasteiger partial charge in [-0.2, -0.15) is 0 Å². The van der Waals surface area contributed by atoms with Gasteiger partial charge in [-0.1, -0.05) is 30.3 Å². The number of hydrogen-bond donors (Lipinski definition) is 3. The van der Waals surface area contributed by atoms with Crippen molar-refractivity contribution in [3.63, 3.8) is 0 Å². The Morgan fingerprint density at radius 1 is 1.12 bits per heavy atom. The maximum absolute atomic E-state index is 13.0. The van der Waals surface area contributed by atoms with E-state index in [1.54, 1.807) is 0 Å². The lowest BCUT2D eigenvalue weighted by atomic mass is 9.87. The standard InChI is InChI=1S/C20H24FN3O/c21-17-8-6-15(7-9-17)12-16-10-11-22-19(13-16)14-23-20(25)24-18-4-2-1-3-5-18/h1-9,16,19,22H,10-14H2,(H2,23,24,25)/t16-,19+/m0/s1. The lowest BCUT2D eigenvalue weighted by Crippen LogP contribution is -2.47. The molecule has 0 aliphatic carbocycles. The first-order valence-electron chi connectivity index (χ1n) is 8.77. The van der Waals surface area contributed by atoms with Gasteiger partial charge >= 0.3 is 6.03 Å². The molecule has 1 aliphatic rings. The van der Waals surface area contributed by atoms with Crippen LogP contribution in [-0.4, -0.2) is 25.2 Å². The van der Waals surface area contributed by atoms with Crippen LogP contribution in [0.25, 0.3) is 0 Å². The van der Waals surface area contributed by atoms with Crippen LogP contribution in [0, 0.1) is 11.7 Å². The van der Waals surface area contributed by atoms with E-state index in [0.717, 1.165) is 31.5 Å². The molecule has 2 atom stereocenters. The number of anilines is 1. The van der Waals surface area contributed by atoms with Crippen molar-refractivity contribution in [3.8, 4) is 0 Å². The van der Waals surface area contributed by atoms with Crippen molar-refractivity contribution in [2.45, 2.75) is 25.3 Å². The molecule has 2 amide bonds. The molecule has 25 heavy (non-hydrogen) atoms. The summed E-state index contributed by atoms with van der Waals surface area (Å²) < 4.78 is 13.0. The number of benzene rings is 2. The summed E-state index contributed by atoms with van der Waals surface area (Å²) in [6, 6.07) is 16.2. The third-order valence-electron chi connectivity index (χ3n) is 4.58. The Labute approximate surface area is 147 Å². The van der Waals surface area contributed by atoms with Crippen LogP contribution in [0.5, 0.6) is 0 Å². The fourth-order valence-corrected chi connectivity index (χ4v) is 3.30. The molecule has 0 spiro atoms. The fraction of sp³-hybridized carbons (Fsp3) is 0.350. The van der Waals surface area contributed by atoms with Gasteiger partial charge in [0.25, 0.3) is 0 Å². The van der Waals surface area contributed by atoms with Crippen molar-refractivity contribution in [2.24, 2.45) is 5.92 Å². The van der Waals surface area contributed by atoms with Gasteiger partial charge in [-0.25, -0.2) is 9.18 Å². The molecular formula is C20H24FN3O. The summed E-state index contributed by atoms with van der Waals surface area (Å²) in [7, 11) is 0. The van der Waals surface area contributed by atoms with E-state index >= 15 is 0 Å². The maximum atomic E-state index is 13.0. The number of rotatable bonds is 5. The average molecular weight is 341 g/mol. The van der Waals surface area contributed by atoms with E-state index in [9.17, 15) is 9.18 Å². The van der Waals surface area contributed by atoms with Crippen LogP contribution in [0.4, 0.5) is 14.9 Å². The number of urea groups is 1. The predicted octanol–water partition coefficient (Wildman–Crippen LogP) is 3.56. The summed E-state index contributed by atoms with van der Waals surface area (Å²) in [6.45, 7) is 1.54. The van der Waals surface area contributed by atoms with E-state index in [4.69, 9.17) is 0 Å². The first-order valence-corrected chi connectivity index (χ1v) is 8.77. The Kier molecular flexibility index (Phi) is 6.01. The molecule has 0 unspecified atom stereocenters. The number of carbonyl (C=O) groups excluding carboxylic acids is 1. The number of hydrogen-bond acceptors (Lipinski definition) is 2. The molecule has 1 heterocycles. The molecule has 2 aromatic rings. The van der Waals surface area contributed by atoms with Crippen LogP contribution >= 0.6 is 0 Å². The second kappa shape index (κ2) is 8.62. The highest BCUT2D eigenvalue weighted by Crippen LogP contribution is 2.21. The highest BCUT2D eigenvalue weighted by atomic mass is 19.1. The predicted molar refractivity (Wildman–Crippen MR) is 98.1 cm³/mol. The van der Waals surface area contributed by atoms with Gasteiger partial charge in [-0.3, -0.25) is 0 Å². The largest absolute Gasteiger partial charge is 0.336 e. The van der Waals surface area contributed by atoms with Crippen LogP contribution in [-0.2, 0) is 6.42 Å². The van der Waals surface area contributed by atoms with Gasteiger partial charge < -0.3 is 16.0 Å². The first-order chi connectivity index (χ1) is 12.2. The molecule has 0 radical (unpaired) electrons. The van der Waals surface area contributed by atoms with Crippen LogP contribution < -0.4 is 16.0 Å². The minimum absolute atomic E-state index is 0.186. The van der Waals surface area contributed by atoms with Crippen molar-refractivity contribution >= 4 is 11.7 Å². The van der Waals surface area contributed by atoms with Gasteiger partial charge in [-0.15, -0.1) is 0 Å². The zero-order valence-corrected chi connectivity index (χ0v) is 14.2. The van der Waals surface area contributed by atoms with E-state index < -0.39 is 0 Å². The smallest absolute Gasteiger partial charge is 0.319 e. The zero-order chi connectivity index (χ0) is 17.5. The summed E-state index contributed by atoms with van der Waals surface area (Å²) in [5, 5.41) is 9.22. The Morgan fingerprint density at radius 2 is 1.88 bits per heavy atom. The molecule has 3 N–H and O–H groups in total. The van der Waals surface area contributed by atoms with Crippen LogP contribution in [0.3, 0.4) is 0 Å². The van der Waals surface area contributed by atoms with Gasteiger partial charge in [-0.05, 0) is 61.6 Å². The average Bonchev–Trinajstić information content (AvgIpc) is 2.63.